The number of carbonyl (C=O) groups is 1. The summed E-state index contributed by atoms with van der Waals surface area (Å²) in [7, 11) is 0. The quantitative estimate of drug-likeness (QED) is 0.789. The zero-order valence-corrected chi connectivity index (χ0v) is 13.7. The van der Waals surface area contributed by atoms with Crippen molar-refractivity contribution in [3.05, 3.63) is 69.3 Å². The Balaban J connectivity index is 1.96. The molecule has 0 aliphatic heterocycles. The Hall–Kier alpha value is -2.96. The zero-order chi connectivity index (χ0) is 18.1. The Morgan fingerprint density at radius 1 is 1.28 bits per heavy atom. The number of aryl methyl sites for hydroxylation is 2. The van der Waals surface area contributed by atoms with Gasteiger partial charge in [0, 0.05) is 24.8 Å². The molecular formula is C18H16F2N2O3. The van der Waals surface area contributed by atoms with E-state index in [1.165, 1.54) is 4.57 Å². The largest absolute Gasteiger partial charge is 0.460 e. The molecule has 0 unspecified atom stereocenters. The van der Waals surface area contributed by atoms with Crippen molar-refractivity contribution in [3.8, 4) is 0 Å². The molecule has 0 spiro atoms. The predicted molar refractivity (Wildman–Crippen MR) is 88.4 cm³/mol. The van der Waals surface area contributed by atoms with E-state index in [4.69, 9.17) is 4.42 Å². The van der Waals surface area contributed by atoms with Crippen LogP contribution in [0, 0.1) is 18.6 Å². The fourth-order valence-electron chi connectivity index (χ4n) is 2.73. The van der Waals surface area contributed by atoms with E-state index in [9.17, 15) is 18.4 Å². The van der Waals surface area contributed by atoms with Crippen LogP contribution < -0.4 is 10.9 Å². The van der Waals surface area contributed by atoms with Gasteiger partial charge in [-0.1, -0.05) is 0 Å². The monoisotopic (exact) mass is 346 g/mol. The third kappa shape index (κ3) is 3.05. The molecule has 0 aliphatic rings. The summed E-state index contributed by atoms with van der Waals surface area (Å²) in [5, 5.41) is 2.69. The number of nitrogens with zero attached hydrogens (tertiary/aromatic N) is 1. The molecule has 2 heterocycles. The lowest BCUT2D eigenvalue weighted by atomic mass is 10.1. The topological polar surface area (TPSA) is 64.2 Å². The van der Waals surface area contributed by atoms with Crippen LogP contribution in [0.5, 0.6) is 0 Å². The Labute approximate surface area is 141 Å². The van der Waals surface area contributed by atoms with Gasteiger partial charge in [-0.15, -0.1) is 0 Å². The number of pyridine rings is 1. The third-order valence-corrected chi connectivity index (χ3v) is 4.01. The number of rotatable bonds is 4. The average Bonchev–Trinajstić information content (AvgIpc) is 2.92. The Kier molecular flexibility index (Phi) is 4.39. The first kappa shape index (κ1) is 16.9. The molecule has 0 fully saturated rings. The van der Waals surface area contributed by atoms with Gasteiger partial charge < -0.3 is 14.3 Å². The van der Waals surface area contributed by atoms with Gasteiger partial charge in [0.25, 0.3) is 11.5 Å². The van der Waals surface area contributed by atoms with Gasteiger partial charge in [-0.2, -0.15) is 0 Å². The van der Waals surface area contributed by atoms with Crippen LogP contribution in [0.2, 0.25) is 0 Å². The first-order chi connectivity index (χ1) is 11.9. The molecular weight excluding hydrogens is 330 g/mol. The van der Waals surface area contributed by atoms with Gasteiger partial charge in [0.1, 0.15) is 23.0 Å². The second-order valence-corrected chi connectivity index (χ2v) is 5.60. The first-order valence-electron chi connectivity index (χ1n) is 7.77. The second kappa shape index (κ2) is 6.51. The van der Waals surface area contributed by atoms with E-state index >= 15 is 0 Å². The van der Waals surface area contributed by atoms with Crippen molar-refractivity contribution in [1.29, 1.82) is 0 Å². The molecule has 0 saturated heterocycles. The molecule has 2 aromatic heterocycles. The number of aromatic nitrogens is 1. The maximum absolute atomic E-state index is 13.7. The van der Waals surface area contributed by atoms with Crippen molar-refractivity contribution < 1.29 is 18.0 Å². The highest BCUT2D eigenvalue weighted by atomic mass is 19.1. The minimum atomic E-state index is -0.621. The smallest absolute Gasteiger partial charge is 0.262 e. The summed E-state index contributed by atoms with van der Waals surface area (Å²) in [4.78, 5) is 25.0. The van der Waals surface area contributed by atoms with Crippen LogP contribution in [0.1, 0.15) is 28.6 Å². The number of furan rings is 1. The minimum absolute atomic E-state index is 0.0183. The molecule has 130 valence electrons. The van der Waals surface area contributed by atoms with Crippen molar-refractivity contribution in [2.24, 2.45) is 0 Å². The highest BCUT2D eigenvalue weighted by Gasteiger charge is 2.21. The molecule has 0 bridgehead atoms. The van der Waals surface area contributed by atoms with Gasteiger partial charge in [-0.3, -0.25) is 9.59 Å². The molecule has 0 radical (unpaired) electrons. The number of carbonyl (C=O) groups excluding carboxylic acids is 1. The van der Waals surface area contributed by atoms with E-state index < -0.39 is 17.5 Å². The lowest BCUT2D eigenvalue weighted by Gasteiger charge is -2.07. The fraction of sp³-hybridized carbons (Fsp3) is 0.222. The van der Waals surface area contributed by atoms with Crippen LogP contribution in [0.25, 0.3) is 11.0 Å². The molecule has 0 saturated carbocycles. The maximum Gasteiger partial charge on any atom is 0.262 e. The molecule has 5 nitrogen and oxygen atoms in total. The maximum atomic E-state index is 13.7. The SMILES string of the molecule is CCn1ccc2oc(C)c(C(=O)NCc3cc(F)ccc3F)c2c1=O. The Bertz CT molecular complexity index is 1020. The molecule has 1 amide bonds. The summed E-state index contributed by atoms with van der Waals surface area (Å²) < 4.78 is 33.8. The van der Waals surface area contributed by atoms with Gasteiger partial charge in [0.05, 0.1) is 10.9 Å². The summed E-state index contributed by atoms with van der Waals surface area (Å²) >= 11 is 0. The summed E-state index contributed by atoms with van der Waals surface area (Å²) in [6.45, 7) is 3.64. The third-order valence-electron chi connectivity index (χ3n) is 4.01. The van der Waals surface area contributed by atoms with E-state index in [1.54, 1.807) is 19.2 Å². The number of hydrogen-bond acceptors (Lipinski definition) is 3. The number of nitrogens with one attached hydrogen (secondary N) is 1. The highest BCUT2D eigenvalue weighted by Crippen LogP contribution is 2.22. The van der Waals surface area contributed by atoms with Crippen LogP contribution in [-0.4, -0.2) is 10.5 Å². The van der Waals surface area contributed by atoms with Crippen LogP contribution in [0.15, 0.2) is 39.7 Å². The minimum Gasteiger partial charge on any atom is -0.460 e. The number of benzene rings is 1. The van der Waals surface area contributed by atoms with Crippen molar-refractivity contribution in [2.75, 3.05) is 0 Å². The second-order valence-electron chi connectivity index (χ2n) is 5.60. The van der Waals surface area contributed by atoms with Crippen LogP contribution in [-0.2, 0) is 13.1 Å². The van der Waals surface area contributed by atoms with E-state index in [-0.39, 0.29) is 34.4 Å². The molecule has 3 aromatic rings. The van der Waals surface area contributed by atoms with Gasteiger partial charge in [0.15, 0.2) is 0 Å². The predicted octanol–water partition coefficient (Wildman–Crippen LogP) is 3.13. The Morgan fingerprint density at radius 2 is 2.04 bits per heavy atom. The average molecular weight is 346 g/mol. The van der Waals surface area contributed by atoms with E-state index in [0.717, 1.165) is 18.2 Å². The molecule has 25 heavy (non-hydrogen) atoms. The fourth-order valence-corrected chi connectivity index (χ4v) is 2.73. The number of halogens is 2. The van der Waals surface area contributed by atoms with Crippen molar-refractivity contribution >= 4 is 16.9 Å². The zero-order valence-electron chi connectivity index (χ0n) is 13.7. The molecule has 0 atom stereocenters. The van der Waals surface area contributed by atoms with E-state index in [2.05, 4.69) is 5.32 Å². The molecule has 1 N–H and O–H groups in total. The number of hydrogen-bond donors (Lipinski definition) is 1. The summed E-state index contributed by atoms with van der Waals surface area (Å²) in [5.41, 5.74) is 0.109. The van der Waals surface area contributed by atoms with Gasteiger partial charge >= 0.3 is 0 Å². The van der Waals surface area contributed by atoms with E-state index in [0.29, 0.717) is 12.1 Å². The molecule has 7 heteroatoms. The Morgan fingerprint density at radius 3 is 2.76 bits per heavy atom. The summed E-state index contributed by atoms with van der Waals surface area (Å²) in [6.07, 6.45) is 1.59. The van der Waals surface area contributed by atoms with Crippen LogP contribution >= 0.6 is 0 Å². The molecule has 1 aromatic carbocycles. The van der Waals surface area contributed by atoms with Gasteiger partial charge in [-0.05, 0) is 38.1 Å². The van der Waals surface area contributed by atoms with Crippen LogP contribution in [0.4, 0.5) is 8.78 Å². The van der Waals surface area contributed by atoms with Gasteiger partial charge in [0.2, 0.25) is 0 Å². The van der Waals surface area contributed by atoms with E-state index in [1.807, 2.05) is 6.92 Å². The van der Waals surface area contributed by atoms with Crippen molar-refractivity contribution in [2.45, 2.75) is 26.9 Å². The number of fused-ring (bicyclic) bond motifs is 1. The first-order valence-corrected chi connectivity index (χ1v) is 7.77. The van der Waals surface area contributed by atoms with Crippen molar-refractivity contribution in [3.63, 3.8) is 0 Å². The standard InChI is InChI=1S/C18H16F2N2O3/c1-3-22-7-6-14-16(18(22)24)15(10(2)25-14)17(23)21-9-11-8-12(19)4-5-13(11)20/h4-8H,3,9H2,1-2H3,(H,21,23). The summed E-state index contributed by atoms with van der Waals surface area (Å²) in [5.74, 6) is -1.51. The molecule has 3 rings (SSSR count). The highest BCUT2D eigenvalue weighted by molar-refractivity contribution is 6.06. The lowest BCUT2D eigenvalue weighted by Crippen LogP contribution is -2.26. The van der Waals surface area contributed by atoms with Crippen molar-refractivity contribution in [1.82, 2.24) is 9.88 Å². The van der Waals surface area contributed by atoms with Gasteiger partial charge in [-0.25, -0.2) is 8.78 Å². The lowest BCUT2D eigenvalue weighted by molar-refractivity contribution is 0.0950. The normalized spacial score (nSPS) is 11.0. The number of amides is 1. The summed E-state index contributed by atoms with van der Waals surface area (Å²) in [6, 6.07) is 4.63. The van der Waals surface area contributed by atoms with Crippen LogP contribution in [0.3, 0.4) is 0 Å². The molecule has 0 aliphatic carbocycles.